The Hall–Kier alpha value is 0. The Bertz CT molecular complexity index is 0. The molecule has 0 aromatic rings. The highest BCUT2D eigenvalue weighted by molar-refractivity contribution is 3.52. The zero-order chi connectivity index (χ0) is 16.0. The Morgan fingerprint density at radius 3 is 0.120 bits per heavy atom. The molecule has 0 aliphatic heterocycles. The Kier molecular flexibility index (Phi) is 0. The van der Waals surface area contributed by atoms with E-state index in [0.29, 0.717) is 0 Å². The zero-order valence-electron chi connectivity index (χ0n) is 16.0. The topological polar surface area (TPSA) is 0 Å². The smallest absolute Gasteiger partial charge is 0.0683 e. The molecule has 0 aromatic heterocycles. The third-order valence-corrected chi connectivity index (χ3v) is 0. The van der Waals surface area contributed by atoms with Crippen molar-refractivity contribution in [2.45, 2.75) is 178 Å². The molecule has 0 rings (SSSR count). The molecule has 0 amide bonds. The standard InChI is InChI=1S/8C2H6.9CH4/c8*1-2;;;;;;;;;/h8*1-2H3;9*1H4. The fourth-order valence-electron chi connectivity index (χ4n) is 0. The van der Waals surface area contributed by atoms with Gasteiger partial charge in [0.05, 0.1) is 0 Å². The molecule has 0 radical (unpaired) electrons. The van der Waals surface area contributed by atoms with Crippen LogP contribution in [0.3, 0.4) is 0 Å². The van der Waals surface area contributed by atoms with Gasteiger partial charge in [0.2, 0.25) is 0 Å². The van der Waals surface area contributed by atoms with Crippen LogP contribution < -0.4 is 0 Å². The second kappa shape index (κ2) is 0. The summed E-state index contributed by atoms with van der Waals surface area (Å²) in [7, 11) is 0. The van der Waals surface area contributed by atoms with Crippen molar-refractivity contribution >= 4 is 0 Å². The van der Waals surface area contributed by atoms with Crippen LogP contribution in [0.2, 0.25) is 0 Å². The van der Waals surface area contributed by atoms with Crippen molar-refractivity contribution in [3.05, 3.63) is 0 Å². The van der Waals surface area contributed by atoms with Gasteiger partial charge in [-0.05, 0) is 0 Å². The van der Waals surface area contributed by atoms with E-state index < -0.39 is 0 Å². The van der Waals surface area contributed by atoms with Gasteiger partial charge in [0.15, 0.2) is 0 Å². The molecule has 0 unspecified atom stereocenters. The van der Waals surface area contributed by atoms with Crippen molar-refractivity contribution in [3.8, 4) is 0 Å². The summed E-state index contributed by atoms with van der Waals surface area (Å²) in [6.45, 7) is 32.0. The molecular formula is C25H84. The van der Waals surface area contributed by atoms with Crippen LogP contribution in [-0.2, 0) is 0 Å². The highest BCUT2D eigenvalue weighted by Gasteiger charge is 0.946. The van der Waals surface area contributed by atoms with Crippen LogP contribution in [-0.4, -0.2) is 0 Å². The Balaban J connectivity index is -0.00000000186. The van der Waals surface area contributed by atoms with Gasteiger partial charge in [0, 0.05) is 0 Å². The van der Waals surface area contributed by atoms with E-state index in [2.05, 4.69) is 0 Å². The van der Waals surface area contributed by atoms with Gasteiger partial charge in [0.1, 0.15) is 0 Å². The van der Waals surface area contributed by atoms with Crippen molar-refractivity contribution in [2.75, 3.05) is 0 Å². The van der Waals surface area contributed by atoms with Crippen molar-refractivity contribution in [3.63, 3.8) is 0 Å². The highest BCUT2D eigenvalue weighted by atomic mass is 13.0. The summed E-state index contributed by atoms with van der Waals surface area (Å²) in [6.07, 6.45) is 0. The van der Waals surface area contributed by atoms with E-state index in [0.717, 1.165) is 0 Å². The number of rotatable bonds is 0. The third kappa shape index (κ3) is 0. The van der Waals surface area contributed by atoms with Gasteiger partial charge in [-0.1, -0.05) is 178 Å². The van der Waals surface area contributed by atoms with E-state index in [4.69, 9.17) is 0 Å². The molecule has 0 spiro atoms. The second-order valence-electron chi connectivity index (χ2n) is 0. The first kappa shape index (κ1) is 225. The lowest BCUT2D eigenvalue weighted by Gasteiger charge is -1.07. The normalized spacial score (nSPS) is 1.92. The molecular weight excluding hydrogens is 300 g/mol. The second-order valence-corrected chi connectivity index (χ2v) is 0. The van der Waals surface area contributed by atoms with Crippen molar-refractivity contribution in [1.29, 1.82) is 0 Å². The predicted octanol–water partition coefficient (Wildman–Crippen LogP) is 13.9. The minimum Gasteiger partial charge on any atom is -0.0776 e. The minimum atomic E-state index is 0. The van der Waals surface area contributed by atoms with Gasteiger partial charge in [-0.15, -0.1) is 0 Å². The molecule has 0 saturated heterocycles. The van der Waals surface area contributed by atoms with Crippen LogP contribution >= 0.6 is 0 Å². The third-order valence-electron chi connectivity index (χ3n) is 0. The maximum Gasteiger partial charge on any atom is -0.0683 e. The molecule has 0 nitrogen and oxygen atoms in total. The van der Waals surface area contributed by atoms with E-state index in [1.54, 1.807) is 0 Å². The summed E-state index contributed by atoms with van der Waals surface area (Å²) >= 11 is 0. The van der Waals surface area contributed by atoms with E-state index in [-0.39, 0.29) is 66.8 Å². The molecule has 0 fully saturated rings. The lowest BCUT2D eigenvalue weighted by molar-refractivity contribution is 1.50. The molecule has 0 atom stereocenters. The van der Waals surface area contributed by atoms with E-state index in [1.165, 1.54) is 0 Å². The lowest BCUT2D eigenvalue weighted by Crippen LogP contribution is -0.856. The van der Waals surface area contributed by atoms with Crippen LogP contribution in [0.5, 0.6) is 0 Å². The van der Waals surface area contributed by atoms with Gasteiger partial charge in [-0.2, -0.15) is 0 Å². The molecule has 184 valence electrons. The van der Waals surface area contributed by atoms with Crippen molar-refractivity contribution in [1.82, 2.24) is 0 Å². The fourth-order valence-corrected chi connectivity index (χ4v) is 0. The van der Waals surface area contributed by atoms with Gasteiger partial charge in [-0.3, -0.25) is 0 Å². The molecule has 0 bridgehead atoms. The number of hydrogen-bond acceptors (Lipinski definition) is 0. The number of hydrogen-bond donors (Lipinski definition) is 0. The van der Waals surface area contributed by atoms with Gasteiger partial charge < -0.3 is 0 Å². The quantitative estimate of drug-likeness (QED) is 0.389. The Morgan fingerprint density at radius 2 is 0.120 bits per heavy atom. The largest absolute Gasteiger partial charge is 0.0776 e. The first-order chi connectivity index (χ1) is 8.00. The monoisotopic (exact) mass is 385 g/mol. The summed E-state index contributed by atoms with van der Waals surface area (Å²) < 4.78 is 0. The first-order valence-electron chi connectivity index (χ1n) is 8.00. The zero-order valence-corrected chi connectivity index (χ0v) is 16.0. The van der Waals surface area contributed by atoms with Gasteiger partial charge in [0.25, 0.3) is 0 Å². The van der Waals surface area contributed by atoms with E-state index in [9.17, 15) is 0 Å². The van der Waals surface area contributed by atoms with Gasteiger partial charge in [-0.25, -0.2) is 0 Å². The first-order valence-corrected chi connectivity index (χ1v) is 8.00. The van der Waals surface area contributed by atoms with Crippen LogP contribution in [0.25, 0.3) is 0 Å². The predicted molar refractivity (Wildman–Crippen MR) is 151 cm³/mol. The Labute approximate surface area is 178 Å². The highest BCUT2D eigenvalue weighted by Crippen LogP contribution is 1.16. The molecule has 0 heterocycles. The maximum absolute atomic E-state index is 2.00. The molecule has 25 heavy (non-hydrogen) atoms. The summed E-state index contributed by atoms with van der Waals surface area (Å²) in [5.41, 5.74) is 0. The molecule has 0 aliphatic carbocycles. The lowest BCUT2D eigenvalue weighted by atomic mass is 11.0. The summed E-state index contributed by atoms with van der Waals surface area (Å²) in [5, 5.41) is 0. The van der Waals surface area contributed by atoms with Crippen molar-refractivity contribution in [2.24, 2.45) is 0 Å². The van der Waals surface area contributed by atoms with Gasteiger partial charge >= 0.3 is 0 Å². The SMILES string of the molecule is C.C.C.C.C.C.C.C.C.CC.CC.CC.CC.CC.CC.CC.CC. The molecule has 0 N–H and O–H groups in total. The van der Waals surface area contributed by atoms with Crippen molar-refractivity contribution < 1.29 is 0 Å². The summed E-state index contributed by atoms with van der Waals surface area (Å²) in [4.78, 5) is 0. The maximum atomic E-state index is 2.00. The average Bonchev–Trinajstić information content (AvgIpc) is 2.54. The van der Waals surface area contributed by atoms with E-state index >= 15 is 0 Å². The van der Waals surface area contributed by atoms with Crippen LogP contribution in [0.4, 0.5) is 0 Å². The Morgan fingerprint density at radius 1 is 0.120 bits per heavy atom. The van der Waals surface area contributed by atoms with Crippen LogP contribution in [0.15, 0.2) is 0 Å². The molecule has 0 saturated carbocycles. The molecule has 0 heteroatoms. The van der Waals surface area contributed by atoms with E-state index in [1.807, 2.05) is 111 Å². The molecule has 0 aliphatic rings. The molecule has 0 aromatic carbocycles. The van der Waals surface area contributed by atoms with Crippen LogP contribution in [0.1, 0.15) is 178 Å². The minimum absolute atomic E-state index is 0. The fraction of sp³-hybridized carbons (Fsp3) is 1.00. The summed E-state index contributed by atoms with van der Waals surface area (Å²) in [6, 6.07) is 0. The summed E-state index contributed by atoms with van der Waals surface area (Å²) in [5.74, 6) is 0. The van der Waals surface area contributed by atoms with Crippen LogP contribution in [0, 0.1) is 0 Å². The average molecular weight is 385 g/mol.